The van der Waals surface area contributed by atoms with Crippen molar-refractivity contribution in [1.29, 1.82) is 0 Å². The van der Waals surface area contributed by atoms with E-state index in [1.807, 2.05) is 140 Å². The minimum Gasteiger partial charge on any atom is -0.478 e. The summed E-state index contributed by atoms with van der Waals surface area (Å²) in [6, 6.07) is 48.4. The molecule has 12 aromatic rings. The van der Waals surface area contributed by atoms with Crippen LogP contribution in [0.3, 0.4) is 0 Å². The lowest BCUT2D eigenvalue weighted by Gasteiger charge is -2.09. The van der Waals surface area contributed by atoms with Gasteiger partial charge >= 0.3 is 5.97 Å². The third kappa shape index (κ3) is 4.36. The van der Waals surface area contributed by atoms with Crippen molar-refractivity contribution in [2.75, 3.05) is 0 Å². The fourth-order valence-electron chi connectivity index (χ4n) is 8.85. The van der Waals surface area contributed by atoms with Gasteiger partial charge in [-0.1, -0.05) is 84.9 Å². The van der Waals surface area contributed by atoms with Crippen molar-refractivity contribution < 1.29 is 32.4 Å². The molecule has 0 unspecified atom stereocenters. The Morgan fingerprint density at radius 2 is 0.842 bits per heavy atom. The Morgan fingerprint density at radius 1 is 0.368 bits per heavy atom. The smallest absolute Gasteiger partial charge is 0.336 e. The Balaban J connectivity index is 0.000000125. The Morgan fingerprint density at radius 3 is 1.47 bits per heavy atom. The first-order valence-corrected chi connectivity index (χ1v) is 18.6. The van der Waals surface area contributed by atoms with Crippen LogP contribution in [-0.2, 0) is 0 Å². The Bertz CT molecular complexity index is 3700. The summed E-state index contributed by atoms with van der Waals surface area (Å²) in [5.74, 6) is -0.952. The molecule has 8 aromatic carbocycles. The first-order valence-electron chi connectivity index (χ1n) is 18.6. The molecule has 0 spiro atoms. The van der Waals surface area contributed by atoms with E-state index in [-0.39, 0.29) is 11.3 Å². The van der Waals surface area contributed by atoms with Gasteiger partial charge in [0.15, 0.2) is 5.78 Å². The molecule has 0 saturated carbocycles. The van der Waals surface area contributed by atoms with Gasteiger partial charge in [-0.15, -0.1) is 0 Å². The molecule has 4 aromatic heterocycles. The third-order valence-electron chi connectivity index (χ3n) is 11.3. The molecule has 7 nitrogen and oxygen atoms in total. The quantitative estimate of drug-likeness (QED) is 0.188. The van der Waals surface area contributed by atoms with Crippen molar-refractivity contribution in [3.05, 3.63) is 168 Å². The molecule has 0 radical (unpaired) electrons. The SMILES string of the molecule is O=C(O)c1ccc2c(oc3ccccc32)c1-c1cccc2oc3ccccc3c12.O=C1c2ccc3c(oc4ccccc43)c2-c2c1ccc1oc3ccccc3c21. The number of fused-ring (bicyclic) bond motifs is 17. The molecule has 0 atom stereocenters. The van der Waals surface area contributed by atoms with Crippen LogP contribution in [-0.4, -0.2) is 16.9 Å². The molecule has 0 saturated heterocycles. The van der Waals surface area contributed by atoms with Crippen molar-refractivity contribution in [2.45, 2.75) is 0 Å². The second-order valence-corrected chi connectivity index (χ2v) is 14.3. The van der Waals surface area contributed by atoms with Crippen LogP contribution < -0.4 is 0 Å². The lowest BCUT2D eigenvalue weighted by molar-refractivity contribution is 0.0697. The van der Waals surface area contributed by atoms with E-state index in [1.165, 1.54) is 0 Å². The Hall–Kier alpha value is -7.90. The summed E-state index contributed by atoms with van der Waals surface area (Å²) in [6.45, 7) is 0. The summed E-state index contributed by atoms with van der Waals surface area (Å²) in [5, 5.41) is 17.7. The maximum atomic E-state index is 13.2. The minimum atomic E-state index is -0.993. The van der Waals surface area contributed by atoms with E-state index in [0.717, 1.165) is 93.3 Å². The van der Waals surface area contributed by atoms with Crippen molar-refractivity contribution in [3.8, 4) is 22.3 Å². The van der Waals surface area contributed by atoms with Crippen molar-refractivity contribution in [2.24, 2.45) is 0 Å². The molecule has 0 bridgehead atoms. The second-order valence-electron chi connectivity index (χ2n) is 14.3. The number of hydrogen-bond acceptors (Lipinski definition) is 6. The third-order valence-corrected chi connectivity index (χ3v) is 11.3. The number of aromatic carboxylic acids is 1. The van der Waals surface area contributed by atoms with E-state index in [9.17, 15) is 14.7 Å². The number of carbonyl (C=O) groups is 2. The number of para-hydroxylation sites is 4. The van der Waals surface area contributed by atoms with Crippen LogP contribution in [0.4, 0.5) is 0 Å². The van der Waals surface area contributed by atoms with Gasteiger partial charge in [-0.2, -0.15) is 0 Å². The molecule has 7 heteroatoms. The predicted octanol–water partition coefficient (Wildman–Crippen LogP) is 13.5. The zero-order chi connectivity index (χ0) is 37.9. The van der Waals surface area contributed by atoms with Crippen LogP contribution in [0.1, 0.15) is 26.3 Å². The van der Waals surface area contributed by atoms with Crippen LogP contribution in [0.25, 0.3) is 110 Å². The highest BCUT2D eigenvalue weighted by Crippen LogP contribution is 2.49. The molecular weight excluding hydrogens is 713 g/mol. The van der Waals surface area contributed by atoms with Gasteiger partial charge in [0.2, 0.25) is 0 Å². The summed E-state index contributed by atoms with van der Waals surface area (Å²) >= 11 is 0. The average Bonchev–Trinajstić information content (AvgIpc) is 4.06. The highest BCUT2D eigenvalue weighted by Gasteiger charge is 2.33. The lowest BCUT2D eigenvalue weighted by Crippen LogP contribution is -2.00. The van der Waals surface area contributed by atoms with Gasteiger partial charge < -0.3 is 22.8 Å². The van der Waals surface area contributed by atoms with Gasteiger partial charge in [0.25, 0.3) is 0 Å². The predicted molar refractivity (Wildman–Crippen MR) is 223 cm³/mol. The van der Waals surface area contributed by atoms with Gasteiger partial charge in [-0.05, 0) is 72.3 Å². The minimum absolute atomic E-state index is 0.0412. The van der Waals surface area contributed by atoms with E-state index in [0.29, 0.717) is 27.9 Å². The fourth-order valence-corrected chi connectivity index (χ4v) is 8.85. The van der Waals surface area contributed by atoms with Gasteiger partial charge in [0, 0.05) is 70.9 Å². The van der Waals surface area contributed by atoms with E-state index in [1.54, 1.807) is 6.07 Å². The van der Waals surface area contributed by atoms with Crippen LogP contribution in [0.5, 0.6) is 0 Å². The summed E-state index contributed by atoms with van der Waals surface area (Å²) < 4.78 is 24.5. The molecule has 0 amide bonds. The number of carboxylic acid groups (broad SMARTS) is 1. The summed E-state index contributed by atoms with van der Waals surface area (Å²) in [7, 11) is 0. The molecule has 1 aliphatic rings. The molecule has 4 heterocycles. The maximum absolute atomic E-state index is 13.2. The number of carboxylic acids is 1. The molecule has 1 N–H and O–H groups in total. The maximum Gasteiger partial charge on any atom is 0.336 e. The summed E-state index contributed by atoms with van der Waals surface area (Å²) in [6.07, 6.45) is 0. The molecule has 0 aliphatic heterocycles. The molecule has 57 heavy (non-hydrogen) atoms. The topological polar surface area (TPSA) is 107 Å². The van der Waals surface area contributed by atoms with E-state index < -0.39 is 5.97 Å². The van der Waals surface area contributed by atoms with Crippen LogP contribution in [0.2, 0.25) is 0 Å². The molecular formula is C50H26O7. The van der Waals surface area contributed by atoms with Crippen LogP contribution >= 0.6 is 0 Å². The second kappa shape index (κ2) is 11.6. The first kappa shape index (κ1) is 31.5. The van der Waals surface area contributed by atoms with E-state index in [2.05, 4.69) is 6.07 Å². The number of hydrogen-bond donors (Lipinski definition) is 1. The monoisotopic (exact) mass is 738 g/mol. The first-order chi connectivity index (χ1) is 28.0. The van der Waals surface area contributed by atoms with Crippen LogP contribution in [0, 0.1) is 0 Å². The number of ketones is 1. The summed E-state index contributed by atoms with van der Waals surface area (Å²) in [4.78, 5) is 25.3. The fraction of sp³-hybridized carbons (Fsp3) is 0. The Kier molecular flexibility index (Phi) is 6.38. The van der Waals surface area contributed by atoms with Gasteiger partial charge in [-0.25, -0.2) is 4.79 Å². The molecule has 13 rings (SSSR count). The van der Waals surface area contributed by atoms with Crippen molar-refractivity contribution in [1.82, 2.24) is 0 Å². The van der Waals surface area contributed by atoms with Crippen molar-refractivity contribution in [3.63, 3.8) is 0 Å². The zero-order valence-corrected chi connectivity index (χ0v) is 29.8. The van der Waals surface area contributed by atoms with Gasteiger partial charge in [0.05, 0.1) is 5.56 Å². The largest absolute Gasteiger partial charge is 0.478 e. The standard InChI is InChI=1S/C25H14O4.C25H12O3/c26-25(27)18-13-12-15-14-6-1-3-9-19(14)29-24(15)23(18)17-8-5-11-21-22(17)16-7-2-4-10-20(16)28-21;26-24-16-11-12-20-21(15-6-2-4-8-19(15)27-20)22(16)23-17(24)10-9-14-13-5-1-3-7-18(13)28-25(14)23/h1-13H,(H,26,27);1-12H. The highest BCUT2D eigenvalue weighted by molar-refractivity contribution is 6.32. The number of benzene rings is 8. The summed E-state index contributed by atoms with van der Waals surface area (Å²) in [5.41, 5.74) is 10.8. The van der Waals surface area contributed by atoms with Gasteiger partial charge in [0.1, 0.15) is 44.7 Å². The van der Waals surface area contributed by atoms with E-state index >= 15 is 0 Å². The van der Waals surface area contributed by atoms with Gasteiger partial charge in [-0.3, -0.25) is 4.79 Å². The highest BCUT2D eigenvalue weighted by atomic mass is 16.4. The lowest BCUT2D eigenvalue weighted by atomic mass is 9.93. The van der Waals surface area contributed by atoms with Crippen molar-refractivity contribution >= 4 is 99.5 Å². The Labute approximate surface area is 321 Å². The average molecular weight is 739 g/mol. The van der Waals surface area contributed by atoms with Crippen LogP contribution in [0.15, 0.2) is 169 Å². The van der Waals surface area contributed by atoms with E-state index in [4.69, 9.17) is 17.7 Å². The number of furan rings is 4. The molecule has 0 fully saturated rings. The number of carbonyl (C=O) groups excluding carboxylic acids is 1. The number of rotatable bonds is 2. The molecule has 1 aliphatic carbocycles. The molecule has 268 valence electrons. The zero-order valence-electron chi connectivity index (χ0n) is 29.8. The normalized spacial score (nSPS) is 12.4.